The molecule has 0 aliphatic heterocycles. The van der Waals surface area contributed by atoms with Crippen molar-refractivity contribution in [3.8, 4) is 5.75 Å². The Balaban J connectivity index is 1.27. The fourth-order valence-electron chi connectivity index (χ4n) is 4.30. The molecule has 1 aliphatic carbocycles. The summed E-state index contributed by atoms with van der Waals surface area (Å²) < 4.78 is 42.8. The number of likely N-dealkylation sites (N-methyl/N-ethyl adjacent to an activating group) is 1. The molecule has 1 amide bonds. The predicted octanol–water partition coefficient (Wildman–Crippen LogP) is 3.15. The summed E-state index contributed by atoms with van der Waals surface area (Å²) in [7, 11) is 5.30. The lowest BCUT2D eigenvalue weighted by molar-refractivity contribution is 0.0945. The van der Waals surface area contributed by atoms with Crippen molar-refractivity contribution < 1.29 is 23.0 Å². The van der Waals surface area contributed by atoms with Gasteiger partial charge in [0.2, 0.25) is 0 Å². The van der Waals surface area contributed by atoms with E-state index in [0.29, 0.717) is 25.7 Å². The molecule has 10 nitrogen and oxygen atoms in total. The Kier molecular flexibility index (Phi) is 7.84. The minimum absolute atomic E-state index is 0.0217. The lowest BCUT2D eigenvalue weighted by Crippen LogP contribution is -2.24. The largest absolute Gasteiger partial charge is 0.494 e. The van der Waals surface area contributed by atoms with E-state index in [4.69, 9.17) is 14.5 Å². The highest BCUT2D eigenvalue weighted by atomic mass is 19.1. The Hall–Kier alpha value is -3.90. The number of rotatable bonds is 12. The van der Waals surface area contributed by atoms with Crippen LogP contribution in [0, 0.1) is 11.6 Å². The van der Waals surface area contributed by atoms with Gasteiger partial charge in [-0.1, -0.05) is 5.21 Å². The molecule has 0 bridgehead atoms. The van der Waals surface area contributed by atoms with Crippen LogP contribution < -0.4 is 10.1 Å². The molecule has 0 atom stereocenters. The second-order valence-electron chi connectivity index (χ2n) is 9.92. The van der Waals surface area contributed by atoms with Gasteiger partial charge in [-0.05, 0) is 56.6 Å². The van der Waals surface area contributed by atoms with Crippen LogP contribution in [-0.2, 0) is 24.4 Å². The maximum Gasteiger partial charge on any atom is 0.273 e. The number of aromatic nitrogens is 5. The van der Waals surface area contributed by atoms with Gasteiger partial charge in [0, 0.05) is 36.6 Å². The monoisotopic (exact) mass is 539 g/mol. The van der Waals surface area contributed by atoms with Gasteiger partial charge >= 0.3 is 0 Å². The third-order valence-corrected chi connectivity index (χ3v) is 6.58. The van der Waals surface area contributed by atoms with E-state index in [1.165, 1.54) is 42.5 Å². The molecule has 3 aromatic heterocycles. The number of fused-ring (bicyclic) bond motifs is 1. The third kappa shape index (κ3) is 6.23. The smallest absolute Gasteiger partial charge is 0.273 e. The highest BCUT2D eigenvalue weighted by molar-refractivity contribution is 5.91. The van der Waals surface area contributed by atoms with Crippen molar-refractivity contribution in [1.29, 1.82) is 0 Å². The summed E-state index contributed by atoms with van der Waals surface area (Å²) in [4.78, 5) is 19.5. The van der Waals surface area contributed by atoms with Gasteiger partial charge in [-0.15, -0.1) is 5.10 Å². The van der Waals surface area contributed by atoms with Crippen molar-refractivity contribution in [2.24, 2.45) is 0 Å². The van der Waals surface area contributed by atoms with Crippen LogP contribution in [0.15, 0.2) is 36.8 Å². The summed E-state index contributed by atoms with van der Waals surface area (Å²) in [5, 5.41) is 10.4. The minimum atomic E-state index is -0.861. The normalized spacial score (nSPS) is 13.4. The number of halogens is 2. The van der Waals surface area contributed by atoms with Crippen molar-refractivity contribution in [1.82, 2.24) is 34.6 Å². The predicted molar refractivity (Wildman–Crippen MR) is 139 cm³/mol. The summed E-state index contributed by atoms with van der Waals surface area (Å²) in [6.07, 6.45) is 7.91. The van der Waals surface area contributed by atoms with Gasteiger partial charge < -0.3 is 24.1 Å². The summed E-state index contributed by atoms with van der Waals surface area (Å²) in [5.41, 5.74) is 3.59. The molecular weight excluding hydrogens is 508 g/mol. The Morgan fingerprint density at radius 3 is 2.77 bits per heavy atom. The standard InChI is InChI=1S/C27H31F2N7O3/c1-34(2)8-9-39-16-19-10-18(17-4-5-17)12-35-13-20(31-26(19)35)14-36-15-23(32-33-36)27(37)30-11-21-22(28)6-7-24(38-3)25(21)29/h6-7,10,12-13,15,17H,4-5,8-9,11,14,16H2,1-3H3,(H,30,37). The number of pyridine rings is 1. The number of carbonyl (C=O) groups excluding carboxylic acids is 1. The molecule has 1 aliphatic rings. The zero-order chi connectivity index (χ0) is 27.5. The first-order valence-electron chi connectivity index (χ1n) is 12.7. The van der Waals surface area contributed by atoms with Gasteiger partial charge in [0.15, 0.2) is 17.3 Å². The number of nitrogens with one attached hydrogen (secondary N) is 1. The van der Waals surface area contributed by atoms with E-state index in [9.17, 15) is 13.6 Å². The van der Waals surface area contributed by atoms with Crippen molar-refractivity contribution in [2.45, 2.75) is 38.5 Å². The number of ether oxygens (including phenoxy) is 2. The molecule has 4 aromatic rings. The quantitative estimate of drug-likeness (QED) is 0.276. The van der Waals surface area contributed by atoms with Crippen molar-refractivity contribution in [3.05, 3.63) is 76.5 Å². The topological polar surface area (TPSA) is 98.8 Å². The Morgan fingerprint density at radius 2 is 2.03 bits per heavy atom. The Bertz CT molecular complexity index is 1480. The molecule has 12 heteroatoms. The zero-order valence-electron chi connectivity index (χ0n) is 22.2. The molecule has 39 heavy (non-hydrogen) atoms. The van der Waals surface area contributed by atoms with E-state index in [1.54, 1.807) is 0 Å². The second-order valence-corrected chi connectivity index (χ2v) is 9.92. The summed E-state index contributed by atoms with van der Waals surface area (Å²) in [6, 6.07) is 4.46. The average molecular weight is 540 g/mol. The molecule has 1 fully saturated rings. The van der Waals surface area contributed by atoms with Crippen LogP contribution in [0.4, 0.5) is 8.78 Å². The molecule has 0 saturated heterocycles. The van der Waals surface area contributed by atoms with Crippen molar-refractivity contribution >= 4 is 11.6 Å². The maximum absolute atomic E-state index is 14.4. The van der Waals surface area contributed by atoms with Gasteiger partial charge in [-0.25, -0.2) is 18.4 Å². The van der Waals surface area contributed by atoms with Gasteiger partial charge in [0.05, 0.1) is 38.8 Å². The molecule has 0 unspecified atom stereocenters. The van der Waals surface area contributed by atoms with E-state index >= 15 is 0 Å². The number of hydrogen-bond acceptors (Lipinski definition) is 7. The van der Waals surface area contributed by atoms with E-state index < -0.39 is 17.5 Å². The molecular formula is C27H31F2N7O3. The van der Waals surface area contributed by atoms with Crippen LogP contribution in [0.2, 0.25) is 0 Å². The SMILES string of the molecule is COc1ccc(F)c(CNC(=O)c2cn(Cc3cn4cc(C5CC5)cc(COCCN(C)C)c4n3)nn2)c1F. The van der Waals surface area contributed by atoms with Crippen molar-refractivity contribution in [2.75, 3.05) is 34.4 Å². The number of carbonyl (C=O) groups is 1. The lowest BCUT2D eigenvalue weighted by atomic mass is 10.1. The number of benzene rings is 1. The summed E-state index contributed by atoms with van der Waals surface area (Å²) in [5.74, 6) is -1.77. The number of methoxy groups -OCH3 is 1. The Morgan fingerprint density at radius 1 is 1.21 bits per heavy atom. The van der Waals surface area contributed by atoms with Gasteiger partial charge in [0.1, 0.15) is 11.5 Å². The van der Waals surface area contributed by atoms with Gasteiger partial charge in [-0.3, -0.25) is 4.79 Å². The number of imidazole rings is 1. The van der Waals surface area contributed by atoms with E-state index in [-0.39, 0.29) is 23.6 Å². The highest BCUT2D eigenvalue weighted by Crippen LogP contribution is 2.40. The summed E-state index contributed by atoms with van der Waals surface area (Å²) in [6.45, 7) is 1.86. The highest BCUT2D eigenvalue weighted by Gasteiger charge is 2.25. The number of hydrogen-bond donors (Lipinski definition) is 1. The summed E-state index contributed by atoms with van der Waals surface area (Å²) >= 11 is 0. The molecule has 1 N–H and O–H groups in total. The first-order valence-corrected chi connectivity index (χ1v) is 12.7. The first-order chi connectivity index (χ1) is 18.8. The number of amides is 1. The fourth-order valence-corrected chi connectivity index (χ4v) is 4.30. The average Bonchev–Trinajstić information content (AvgIpc) is 3.52. The van der Waals surface area contributed by atoms with Crippen molar-refractivity contribution in [3.63, 3.8) is 0 Å². The Labute approximate surface area is 224 Å². The molecule has 206 valence electrons. The van der Waals surface area contributed by atoms with Crippen LogP contribution >= 0.6 is 0 Å². The van der Waals surface area contributed by atoms with E-state index in [1.807, 2.05) is 24.7 Å². The molecule has 1 saturated carbocycles. The molecule has 3 heterocycles. The van der Waals surface area contributed by atoms with Crippen LogP contribution in [0.3, 0.4) is 0 Å². The maximum atomic E-state index is 14.4. The number of nitrogens with zero attached hydrogens (tertiary/aromatic N) is 6. The zero-order valence-corrected chi connectivity index (χ0v) is 22.2. The lowest BCUT2D eigenvalue weighted by Gasteiger charge is -2.11. The molecule has 1 aromatic carbocycles. The van der Waals surface area contributed by atoms with E-state index in [2.05, 4.69) is 32.8 Å². The van der Waals surface area contributed by atoms with E-state index in [0.717, 1.165) is 29.5 Å². The minimum Gasteiger partial charge on any atom is -0.494 e. The molecule has 0 spiro atoms. The first kappa shape index (κ1) is 26.7. The van der Waals surface area contributed by atoms with Gasteiger partial charge in [0.25, 0.3) is 5.91 Å². The van der Waals surface area contributed by atoms with Crippen LogP contribution in [0.5, 0.6) is 5.75 Å². The molecule has 5 rings (SSSR count). The van der Waals surface area contributed by atoms with Crippen LogP contribution in [-0.4, -0.2) is 69.5 Å². The molecule has 0 radical (unpaired) electrons. The van der Waals surface area contributed by atoms with Crippen LogP contribution in [0.25, 0.3) is 5.65 Å². The second kappa shape index (κ2) is 11.5. The van der Waals surface area contributed by atoms with Gasteiger partial charge in [-0.2, -0.15) is 0 Å². The van der Waals surface area contributed by atoms with Crippen LogP contribution in [0.1, 0.15) is 51.6 Å². The third-order valence-electron chi connectivity index (χ3n) is 6.58. The fraction of sp³-hybridized carbons (Fsp3) is 0.407.